The average Bonchev–Trinajstić information content (AvgIpc) is 2.98. The lowest BCUT2D eigenvalue weighted by Gasteiger charge is -2.35. The number of alkyl carbamates (subject to hydrolysis) is 1. The van der Waals surface area contributed by atoms with Gasteiger partial charge in [0.2, 0.25) is 5.91 Å². The van der Waals surface area contributed by atoms with E-state index in [9.17, 15) is 19.5 Å². The molecule has 0 bridgehead atoms. The zero-order valence-electron chi connectivity index (χ0n) is 26.9. The molecule has 45 heavy (non-hydrogen) atoms. The van der Waals surface area contributed by atoms with Crippen molar-refractivity contribution in [1.82, 2.24) is 10.2 Å². The predicted octanol–water partition coefficient (Wildman–Crippen LogP) is 7.22. The fourth-order valence-electron chi connectivity index (χ4n) is 5.31. The first-order valence-corrected chi connectivity index (χ1v) is 15.3. The summed E-state index contributed by atoms with van der Waals surface area (Å²) in [4.78, 5) is 43.4. The van der Waals surface area contributed by atoms with Gasteiger partial charge in [-0.25, -0.2) is 4.79 Å². The molecule has 3 amide bonds. The summed E-state index contributed by atoms with van der Waals surface area (Å²) in [6, 6.07) is 23.9. The Balaban J connectivity index is 1.76. The molecule has 0 spiro atoms. The van der Waals surface area contributed by atoms with Crippen LogP contribution < -0.4 is 10.6 Å². The molecule has 0 fully saturated rings. The van der Waals surface area contributed by atoms with Gasteiger partial charge in [-0.15, -0.1) is 0 Å². The number of anilines is 1. The molecular formula is C37H43N3O5. The third-order valence-corrected chi connectivity index (χ3v) is 7.42. The number of phenols is 1. The van der Waals surface area contributed by atoms with Crippen LogP contribution in [0.3, 0.4) is 0 Å². The van der Waals surface area contributed by atoms with Crippen molar-refractivity contribution in [3.8, 4) is 5.75 Å². The van der Waals surface area contributed by atoms with Crippen LogP contribution in [-0.4, -0.2) is 46.1 Å². The summed E-state index contributed by atoms with van der Waals surface area (Å²) in [6.07, 6.45) is -0.0287. The van der Waals surface area contributed by atoms with Crippen LogP contribution in [0.15, 0.2) is 84.9 Å². The number of carbonyl (C=O) groups excluding carboxylic acids is 3. The Kier molecular flexibility index (Phi) is 10.5. The lowest BCUT2D eigenvalue weighted by atomic mass is 9.95. The average molecular weight is 610 g/mol. The Labute approximate surface area is 265 Å². The molecule has 2 unspecified atom stereocenters. The zero-order valence-corrected chi connectivity index (χ0v) is 26.9. The number of benzene rings is 4. The van der Waals surface area contributed by atoms with E-state index in [4.69, 9.17) is 4.74 Å². The maximum atomic E-state index is 14.6. The molecule has 0 aliphatic heterocycles. The lowest BCUT2D eigenvalue weighted by molar-refractivity contribution is -0.140. The molecule has 0 aliphatic rings. The predicted molar refractivity (Wildman–Crippen MR) is 178 cm³/mol. The molecule has 4 rings (SSSR count). The molecule has 0 aromatic heterocycles. The van der Waals surface area contributed by atoms with Gasteiger partial charge < -0.3 is 25.4 Å². The van der Waals surface area contributed by atoms with Crippen LogP contribution >= 0.6 is 0 Å². The van der Waals surface area contributed by atoms with Crippen LogP contribution in [0.5, 0.6) is 5.75 Å². The van der Waals surface area contributed by atoms with E-state index in [2.05, 4.69) is 10.6 Å². The first-order valence-electron chi connectivity index (χ1n) is 15.3. The van der Waals surface area contributed by atoms with Crippen molar-refractivity contribution in [1.29, 1.82) is 0 Å². The summed E-state index contributed by atoms with van der Waals surface area (Å²) in [6.45, 7) is 11.3. The molecule has 8 nitrogen and oxygen atoms in total. The van der Waals surface area contributed by atoms with Crippen molar-refractivity contribution in [2.24, 2.45) is 0 Å². The quantitative estimate of drug-likeness (QED) is 0.176. The van der Waals surface area contributed by atoms with Crippen molar-refractivity contribution in [2.75, 3.05) is 11.9 Å². The van der Waals surface area contributed by atoms with Gasteiger partial charge in [0.25, 0.3) is 5.91 Å². The van der Waals surface area contributed by atoms with E-state index in [-0.39, 0.29) is 24.6 Å². The monoisotopic (exact) mass is 609 g/mol. The first-order chi connectivity index (χ1) is 21.3. The van der Waals surface area contributed by atoms with E-state index in [1.165, 1.54) is 12.1 Å². The van der Waals surface area contributed by atoms with E-state index < -0.39 is 29.7 Å². The molecule has 0 aliphatic carbocycles. The van der Waals surface area contributed by atoms with Crippen LogP contribution in [0.2, 0.25) is 0 Å². The Hall–Kier alpha value is -4.85. The van der Waals surface area contributed by atoms with E-state index >= 15 is 0 Å². The van der Waals surface area contributed by atoms with Gasteiger partial charge in [-0.2, -0.15) is 0 Å². The van der Waals surface area contributed by atoms with Crippen LogP contribution in [0.4, 0.5) is 10.5 Å². The first kappa shape index (κ1) is 33.1. The summed E-state index contributed by atoms with van der Waals surface area (Å²) in [7, 11) is 0. The number of nitrogens with one attached hydrogen (secondary N) is 2. The Morgan fingerprint density at radius 2 is 1.58 bits per heavy atom. The number of hydrogen-bond acceptors (Lipinski definition) is 5. The molecule has 2 atom stereocenters. The number of rotatable bonds is 10. The minimum Gasteiger partial charge on any atom is -0.508 e. The second-order valence-corrected chi connectivity index (χ2v) is 12.4. The van der Waals surface area contributed by atoms with Crippen molar-refractivity contribution < 1.29 is 24.2 Å². The number of phenolic OH excluding ortho intramolecular Hbond substituents is 1. The van der Waals surface area contributed by atoms with Gasteiger partial charge in [-0.05, 0) is 92.8 Å². The molecule has 0 radical (unpaired) electrons. The highest BCUT2D eigenvalue weighted by Gasteiger charge is 2.37. The highest BCUT2D eigenvalue weighted by molar-refractivity contribution is 6.00. The van der Waals surface area contributed by atoms with Crippen molar-refractivity contribution in [2.45, 2.75) is 72.1 Å². The third-order valence-electron chi connectivity index (χ3n) is 7.42. The molecule has 3 N–H and O–H groups in total. The van der Waals surface area contributed by atoms with Gasteiger partial charge in [0.05, 0.1) is 0 Å². The van der Waals surface area contributed by atoms with Gasteiger partial charge in [-0.1, -0.05) is 73.2 Å². The maximum Gasteiger partial charge on any atom is 0.408 e. The van der Waals surface area contributed by atoms with Crippen LogP contribution in [0, 0.1) is 13.8 Å². The normalized spacial score (nSPS) is 12.7. The molecule has 236 valence electrons. The van der Waals surface area contributed by atoms with Crippen LogP contribution in [0.1, 0.15) is 62.4 Å². The number of carbonyl (C=O) groups is 3. The minimum absolute atomic E-state index is 0.0923. The van der Waals surface area contributed by atoms with Gasteiger partial charge in [-0.3, -0.25) is 9.59 Å². The van der Waals surface area contributed by atoms with Crippen LogP contribution in [-0.2, 0) is 20.7 Å². The fraction of sp³-hybridized carbons (Fsp3) is 0.324. The second kappa shape index (κ2) is 14.3. The highest BCUT2D eigenvalue weighted by atomic mass is 16.6. The van der Waals surface area contributed by atoms with Crippen LogP contribution in [0.25, 0.3) is 10.8 Å². The Morgan fingerprint density at radius 3 is 2.24 bits per heavy atom. The molecular weight excluding hydrogens is 566 g/mol. The van der Waals surface area contributed by atoms with Crippen molar-refractivity contribution in [3.05, 3.63) is 107 Å². The number of hydrogen-bond donors (Lipinski definition) is 3. The largest absolute Gasteiger partial charge is 0.508 e. The van der Waals surface area contributed by atoms with Gasteiger partial charge in [0, 0.05) is 18.7 Å². The number of amides is 3. The molecule has 4 aromatic rings. The van der Waals surface area contributed by atoms with Gasteiger partial charge >= 0.3 is 6.09 Å². The minimum atomic E-state index is -1.04. The number of ether oxygens (including phenoxy) is 1. The van der Waals surface area contributed by atoms with Gasteiger partial charge in [0.1, 0.15) is 23.4 Å². The van der Waals surface area contributed by atoms with E-state index in [1.54, 1.807) is 37.8 Å². The lowest BCUT2D eigenvalue weighted by Crippen LogP contribution is -2.53. The molecule has 8 heteroatoms. The zero-order chi connectivity index (χ0) is 32.7. The number of nitrogens with zero attached hydrogens (tertiary/aromatic N) is 1. The van der Waals surface area contributed by atoms with E-state index in [0.717, 1.165) is 27.5 Å². The topological polar surface area (TPSA) is 108 Å². The summed E-state index contributed by atoms with van der Waals surface area (Å²) < 4.78 is 5.52. The summed E-state index contributed by atoms with van der Waals surface area (Å²) in [5.41, 5.74) is 3.09. The van der Waals surface area contributed by atoms with Gasteiger partial charge in [0.15, 0.2) is 0 Å². The smallest absolute Gasteiger partial charge is 0.408 e. The number of aromatic hydroxyl groups is 1. The summed E-state index contributed by atoms with van der Waals surface area (Å²) in [5, 5.41) is 17.7. The maximum absolute atomic E-state index is 14.6. The Morgan fingerprint density at radius 1 is 0.889 bits per heavy atom. The van der Waals surface area contributed by atoms with E-state index in [0.29, 0.717) is 17.7 Å². The molecule has 0 heterocycles. The Bertz CT molecular complexity index is 1660. The standard InChI is InChI=1S/C37H43N3O5/c1-7-20-40(35(43)32(39-36(44)45-37(4,5)6)22-26-14-18-30(41)19-15-26)33(31-21-24(2)12-13-25(31)3)34(42)38-29-17-16-27-10-8-9-11-28(27)23-29/h8-19,21,23,32-33,41H,7,20,22H2,1-6H3,(H,38,42)(H,39,44). The fourth-order valence-corrected chi connectivity index (χ4v) is 5.31. The summed E-state index contributed by atoms with van der Waals surface area (Å²) >= 11 is 0. The number of fused-ring (bicyclic) bond motifs is 1. The van der Waals surface area contributed by atoms with Crippen molar-refractivity contribution >= 4 is 34.4 Å². The van der Waals surface area contributed by atoms with E-state index in [1.807, 2.05) is 81.4 Å². The SMILES string of the molecule is CCCN(C(=O)C(Cc1ccc(O)cc1)NC(=O)OC(C)(C)C)C(C(=O)Nc1ccc2ccccc2c1)c1cc(C)ccc1C. The molecule has 4 aromatic carbocycles. The summed E-state index contributed by atoms with van der Waals surface area (Å²) in [5.74, 6) is -0.688. The second-order valence-electron chi connectivity index (χ2n) is 12.4. The third kappa shape index (κ3) is 8.85. The number of aryl methyl sites for hydroxylation is 2. The molecule has 0 saturated heterocycles. The highest BCUT2D eigenvalue weighted by Crippen LogP contribution is 2.29. The van der Waals surface area contributed by atoms with Crippen molar-refractivity contribution in [3.63, 3.8) is 0 Å². The molecule has 0 saturated carbocycles.